The van der Waals surface area contributed by atoms with E-state index in [9.17, 15) is 14.4 Å². The normalized spacial score (nSPS) is 13.2. The van der Waals surface area contributed by atoms with Gasteiger partial charge >= 0.3 is 0 Å². The third kappa shape index (κ3) is 7.31. The molecule has 3 amide bonds. The first-order valence-electron chi connectivity index (χ1n) is 12.2. The van der Waals surface area contributed by atoms with Crippen molar-refractivity contribution in [1.29, 1.82) is 0 Å². The van der Waals surface area contributed by atoms with Crippen LogP contribution in [0.5, 0.6) is 0 Å². The van der Waals surface area contributed by atoms with E-state index in [0.29, 0.717) is 0 Å². The first-order chi connectivity index (χ1) is 16.4. The number of H-pyrrole nitrogens is 1. The molecule has 0 bridgehead atoms. The standard InChI is InChI=1S/C28H40N4O3/c1-17(2)13-14-24-22(21-11-9-10-12-23(21)31-24)15-16-29-27(34)26(19(5)6)32(8)28(35)25(18(3)4)30-20(7)33/h9-13,15-16,18-19,25-26,31H,14H2,1-8H3,(H,29,34)(H,30,33)/b16-15+/t25-,26-/m1/s1. The Morgan fingerprint density at radius 2 is 1.69 bits per heavy atom. The fourth-order valence-corrected chi connectivity index (χ4v) is 4.18. The molecule has 2 aromatic rings. The van der Waals surface area contributed by atoms with Crippen molar-refractivity contribution in [3.05, 3.63) is 53.4 Å². The van der Waals surface area contributed by atoms with Gasteiger partial charge in [-0.3, -0.25) is 14.4 Å². The van der Waals surface area contributed by atoms with Crippen LogP contribution in [0.2, 0.25) is 0 Å². The summed E-state index contributed by atoms with van der Waals surface area (Å²) in [6, 6.07) is 6.70. The molecule has 3 N–H and O–H groups in total. The van der Waals surface area contributed by atoms with Crippen LogP contribution in [-0.2, 0) is 20.8 Å². The van der Waals surface area contributed by atoms with Crippen LogP contribution < -0.4 is 10.6 Å². The lowest BCUT2D eigenvalue weighted by atomic mass is 9.98. The van der Waals surface area contributed by atoms with Gasteiger partial charge in [-0.15, -0.1) is 0 Å². The number of hydrogen-bond acceptors (Lipinski definition) is 3. The number of allylic oxidation sites excluding steroid dienone is 2. The smallest absolute Gasteiger partial charge is 0.246 e. The summed E-state index contributed by atoms with van der Waals surface area (Å²) < 4.78 is 0. The van der Waals surface area contributed by atoms with Gasteiger partial charge in [0.25, 0.3) is 0 Å². The average Bonchev–Trinajstić information content (AvgIpc) is 3.12. The van der Waals surface area contributed by atoms with Crippen molar-refractivity contribution in [3.8, 4) is 0 Å². The summed E-state index contributed by atoms with van der Waals surface area (Å²) in [6.45, 7) is 13.1. The van der Waals surface area contributed by atoms with Crippen molar-refractivity contribution in [2.45, 2.75) is 67.0 Å². The van der Waals surface area contributed by atoms with Crippen molar-refractivity contribution >= 4 is 34.7 Å². The van der Waals surface area contributed by atoms with Gasteiger partial charge in [0, 0.05) is 48.8 Å². The maximum absolute atomic E-state index is 13.2. The number of rotatable bonds is 10. The van der Waals surface area contributed by atoms with E-state index in [-0.39, 0.29) is 29.6 Å². The molecule has 0 saturated heterocycles. The first kappa shape index (κ1) is 27.9. The number of hydrogen-bond donors (Lipinski definition) is 3. The number of carbonyl (C=O) groups excluding carboxylic acids is 3. The van der Waals surface area contributed by atoms with Crippen LogP contribution in [0.3, 0.4) is 0 Å². The summed E-state index contributed by atoms with van der Waals surface area (Å²) in [6.07, 6.45) is 6.47. The zero-order chi connectivity index (χ0) is 26.3. The lowest BCUT2D eigenvalue weighted by Gasteiger charge is -2.33. The summed E-state index contributed by atoms with van der Waals surface area (Å²) in [5.74, 6) is -1.06. The topological polar surface area (TPSA) is 94.3 Å². The Hall–Kier alpha value is -3.35. The van der Waals surface area contributed by atoms with E-state index in [4.69, 9.17) is 0 Å². The minimum absolute atomic E-state index is 0.106. The number of amides is 3. The summed E-state index contributed by atoms with van der Waals surface area (Å²) >= 11 is 0. The van der Waals surface area contributed by atoms with E-state index in [0.717, 1.165) is 28.6 Å². The van der Waals surface area contributed by atoms with E-state index in [1.807, 2.05) is 52.0 Å². The Kier molecular flexibility index (Phi) is 9.87. The average molecular weight is 481 g/mol. The number of carbonyl (C=O) groups is 3. The van der Waals surface area contributed by atoms with E-state index in [2.05, 4.69) is 41.6 Å². The van der Waals surface area contributed by atoms with Gasteiger partial charge in [0.1, 0.15) is 12.1 Å². The van der Waals surface area contributed by atoms with Crippen molar-refractivity contribution in [3.63, 3.8) is 0 Å². The molecule has 0 fully saturated rings. The van der Waals surface area contributed by atoms with Gasteiger partial charge in [0.05, 0.1) is 0 Å². The predicted molar refractivity (Wildman–Crippen MR) is 142 cm³/mol. The Balaban J connectivity index is 2.25. The molecular weight excluding hydrogens is 440 g/mol. The molecule has 1 aromatic carbocycles. The lowest BCUT2D eigenvalue weighted by Crippen LogP contribution is -2.56. The maximum Gasteiger partial charge on any atom is 0.246 e. The number of benzene rings is 1. The Morgan fingerprint density at radius 1 is 1.03 bits per heavy atom. The van der Waals surface area contributed by atoms with E-state index in [1.54, 1.807) is 13.2 Å². The third-order valence-electron chi connectivity index (χ3n) is 5.97. The molecule has 0 aliphatic rings. The molecule has 2 atom stereocenters. The SMILES string of the molecule is CC(=O)N[C@@H](C(=O)N(C)[C@@H](C(=O)N/C=C/c1c(CC=C(C)C)[nH]c2ccccc12)C(C)C)C(C)C. The van der Waals surface area contributed by atoms with Gasteiger partial charge in [-0.25, -0.2) is 0 Å². The molecule has 0 unspecified atom stereocenters. The lowest BCUT2D eigenvalue weighted by molar-refractivity contribution is -0.143. The molecule has 1 aromatic heterocycles. The van der Waals surface area contributed by atoms with Crippen LogP contribution in [0.25, 0.3) is 17.0 Å². The van der Waals surface area contributed by atoms with E-state index >= 15 is 0 Å². The Labute approximate surface area is 209 Å². The van der Waals surface area contributed by atoms with E-state index in [1.165, 1.54) is 17.4 Å². The second-order valence-corrected chi connectivity index (χ2v) is 9.95. The third-order valence-corrected chi connectivity index (χ3v) is 5.97. The number of aromatic nitrogens is 1. The molecule has 0 aliphatic heterocycles. The fourth-order valence-electron chi connectivity index (χ4n) is 4.18. The van der Waals surface area contributed by atoms with Gasteiger partial charge in [-0.2, -0.15) is 0 Å². The first-order valence-corrected chi connectivity index (χ1v) is 12.2. The van der Waals surface area contributed by atoms with E-state index < -0.39 is 12.1 Å². The van der Waals surface area contributed by atoms with Gasteiger partial charge in [0.2, 0.25) is 17.7 Å². The highest BCUT2D eigenvalue weighted by Crippen LogP contribution is 2.24. The number of nitrogens with one attached hydrogen (secondary N) is 3. The fraction of sp³-hybridized carbons (Fsp3) is 0.464. The second-order valence-electron chi connectivity index (χ2n) is 9.95. The van der Waals surface area contributed by atoms with Crippen LogP contribution in [-0.4, -0.2) is 46.7 Å². The highest BCUT2D eigenvalue weighted by atomic mass is 16.2. The van der Waals surface area contributed by atoms with Crippen LogP contribution in [0, 0.1) is 11.8 Å². The molecule has 190 valence electrons. The zero-order valence-electron chi connectivity index (χ0n) is 22.2. The number of aromatic amines is 1. The largest absolute Gasteiger partial charge is 0.358 e. The van der Waals surface area contributed by atoms with Gasteiger partial charge in [-0.05, 0) is 37.8 Å². The Morgan fingerprint density at radius 3 is 2.26 bits per heavy atom. The Bertz CT molecular complexity index is 1110. The van der Waals surface area contributed by atoms with Crippen molar-refractivity contribution in [2.75, 3.05) is 7.05 Å². The highest BCUT2D eigenvalue weighted by molar-refractivity contribution is 5.93. The monoisotopic (exact) mass is 480 g/mol. The van der Waals surface area contributed by atoms with Crippen LogP contribution in [0.15, 0.2) is 42.1 Å². The number of nitrogens with zero attached hydrogens (tertiary/aromatic N) is 1. The predicted octanol–water partition coefficient (Wildman–Crippen LogP) is 4.41. The molecule has 0 radical (unpaired) electrons. The minimum atomic E-state index is -0.689. The van der Waals surface area contributed by atoms with Gasteiger partial charge in [-0.1, -0.05) is 57.5 Å². The molecular formula is C28H40N4O3. The molecule has 7 nitrogen and oxygen atoms in total. The van der Waals surface area contributed by atoms with Crippen LogP contribution in [0.4, 0.5) is 0 Å². The quantitative estimate of drug-likeness (QED) is 0.440. The molecule has 1 heterocycles. The molecule has 0 spiro atoms. The van der Waals surface area contributed by atoms with Gasteiger partial charge < -0.3 is 20.5 Å². The molecule has 0 saturated carbocycles. The molecule has 0 aliphatic carbocycles. The number of para-hydroxylation sites is 1. The van der Waals surface area contributed by atoms with Crippen LogP contribution in [0.1, 0.15) is 59.7 Å². The summed E-state index contributed by atoms with van der Waals surface area (Å²) in [7, 11) is 1.62. The number of fused-ring (bicyclic) bond motifs is 1. The molecule has 2 rings (SSSR count). The number of likely N-dealkylation sites (N-methyl/N-ethyl adjacent to an activating group) is 1. The van der Waals surface area contributed by atoms with Gasteiger partial charge in [0.15, 0.2) is 0 Å². The van der Waals surface area contributed by atoms with Crippen molar-refractivity contribution < 1.29 is 14.4 Å². The summed E-state index contributed by atoms with van der Waals surface area (Å²) in [5, 5.41) is 6.67. The summed E-state index contributed by atoms with van der Waals surface area (Å²) in [4.78, 5) is 42.9. The zero-order valence-corrected chi connectivity index (χ0v) is 22.2. The van der Waals surface area contributed by atoms with Crippen molar-refractivity contribution in [1.82, 2.24) is 20.5 Å². The maximum atomic E-state index is 13.2. The highest BCUT2D eigenvalue weighted by Gasteiger charge is 2.34. The van der Waals surface area contributed by atoms with Crippen molar-refractivity contribution in [2.24, 2.45) is 11.8 Å². The molecule has 7 heteroatoms. The summed E-state index contributed by atoms with van der Waals surface area (Å²) in [5.41, 5.74) is 4.37. The minimum Gasteiger partial charge on any atom is -0.358 e. The van der Waals surface area contributed by atoms with Crippen LogP contribution >= 0.6 is 0 Å². The molecule has 35 heavy (non-hydrogen) atoms. The second kappa shape index (κ2) is 12.4.